The summed E-state index contributed by atoms with van der Waals surface area (Å²) in [6.45, 7) is 5.83. The topological polar surface area (TPSA) is 75.7 Å². The van der Waals surface area contributed by atoms with Crippen molar-refractivity contribution in [3.05, 3.63) is 77.9 Å². The number of imide groups is 2. The maximum Gasteiger partial charge on any atom is 0.335 e. The summed E-state index contributed by atoms with van der Waals surface area (Å²) in [4.78, 5) is 38.8. The van der Waals surface area contributed by atoms with Gasteiger partial charge in [0.05, 0.1) is 5.69 Å². The SMILES string of the molecule is C=CCOc1ccccc1/C=C1/C(=O)NC(=O)N(c2ccccc2CC)C1=O. The summed E-state index contributed by atoms with van der Waals surface area (Å²) in [5.41, 5.74) is 1.71. The predicted molar refractivity (Wildman–Crippen MR) is 107 cm³/mol. The van der Waals surface area contributed by atoms with Crippen molar-refractivity contribution in [2.45, 2.75) is 13.3 Å². The first-order chi connectivity index (χ1) is 13.6. The number of hydrogen-bond acceptors (Lipinski definition) is 4. The number of nitrogens with zero attached hydrogens (tertiary/aromatic N) is 1. The molecular weight excluding hydrogens is 356 g/mol. The average molecular weight is 376 g/mol. The molecule has 1 aliphatic rings. The monoisotopic (exact) mass is 376 g/mol. The van der Waals surface area contributed by atoms with Crippen molar-refractivity contribution in [1.82, 2.24) is 5.32 Å². The molecule has 0 aromatic heterocycles. The summed E-state index contributed by atoms with van der Waals surface area (Å²) in [5.74, 6) is -0.903. The van der Waals surface area contributed by atoms with E-state index in [1.807, 2.05) is 19.1 Å². The molecule has 0 radical (unpaired) electrons. The minimum absolute atomic E-state index is 0.139. The Balaban J connectivity index is 2.04. The quantitative estimate of drug-likeness (QED) is 0.476. The van der Waals surface area contributed by atoms with Gasteiger partial charge in [0.15, 0.2) is 0 Å². The Hall–Kier alpha value is -3.67. The highest BCUT2D eigenvalue weighted by Crippen LogP contribution is 2.27. The van der Waals surface area contributed by atoms with Gasteiger partial charge in [0.25, 0.3) is 11.8 Å². The van der Waals surface area contributed by atoms with Crippen molar-refractivity contribution in [2.75, 3.05) is 11.5 Å². The zero-order valence-electron chi connectivity index (χ0n) is 15.5. The number of amides is 4. The average Bonchev–Trinajstić information content (AvgIpc) is 2.70. The molecule has 0 saturated carbocycles. The molecule has 0 unspecified atom stereocenters. The van der Waals surface area contributed by atoms with Crippen LogP contribution in [0.4, 0.5) is 10.5 Å². The smallest absolute Gasteiger partial charge is 0.335 e. The van der Waals surface area contributed by atoms with E-state index >= 15 is 0 Å². The van der Waals surface area contributed by atoms with E-state index in [0.29, 0.717) is 23.4 Å². The van der Waals surface area contributed by atoms with Crippen LogP contribution in [0, 0.1) is 0 Å². The Morgan fingerprint density at radius 2 is 1.79 bits per heavy atom. The van der Waals surface area contributed by atoms with E-state index in [1.54, 1.807) is 42.5 Å². The van der Waals surface area contributed by atoms with Gasteiger partial charge in [-0.25, -0.2) is 9.69 Å². The summed E-state index contributed by atoms with van der Waals surface area (Å²) < 4.78 is 5.58. The first-order valence-electron chi connectivity index (χ1n) is 8.89. The summed E-state index contributed by atoms with van der Waals surface area (Å²) in [6.07, 6.45) is 3.67. The molecule has 1 N–H and O–H groups in total. The summed E-state index contributed by atoms with van der Waals surface area (Å²) in [5, 5.41) is 2.24. The summed E-state index contributed by atoms with van der Waals surface area (Å²) in [7, 11) is 0. The van der Waals surface area contributed by atoms with Gasteiger partial charge in [-0.05, 0) is 30.2 Å². The van der Waals surface area contributed by atoms with Crippen molar-refractivity contribution in [3.63, 3.8) is 0 Å². The number of para-hydroxylation sites is 2. The van der Waals surface area contributed by atoms with E-state index in [2.05, 4.69) is 11.9 Å². The lowest BCUT2D eigenvalue weighted by atomic mass is 10.0. The number of benzene rings is 2. The lowest BCUT2D eigenvalue weighted by Gasteiger charge is -2.28. The molecule has 2 aromatic rings. The van der Waals surface area contributed by atoms with Gasteiger partial charge in [0.1, 0.15) is 17.9 Å². The molecule has 1 heterocycles. The van der Waals surface area contributed by atoms with Gasteiger partial charge in [-0.3, -0.25) is 14.9 Å². The number of ether oxygens (including phenoxy) is 1. The lowest BCUT2D eigenvalue weighted by Crippen LogP contribution is -2.54. The molecule has 2 aromatic carbocycles. The van der Waals surface area contributed by atoms with E-state index in [4.69, 9.17) is 4.74 Å². The molecule has 6 nitrogen and oxygen atoms in total. The fraction of sp³-hybridized carbons (Fsp3) is 0.136. The molecular formula is C22H20N2O4. The third kappa shape index (κ3) is 3.71. The number of hydrogen-bond donors (Lipinski definition) is 1. The van der Waals surface area contributed by atoms with Gasteiger partial charge >= 0.3 is 6.03 Å². The van der Waals surface area contributed by atoms with E-state index in [1.165, 1.54) is 6.08 Å². The van der Waals surface area contributed by atoms with Gasteiger partial charge in [-0.2, -0.15) is 0 Å². The highest BCUT2D eigenvalue weighted by atomic mass is 16.5. The number of rotatable bonds is 6. The van der Waals surface area contributed by atoms with E-state index < -0.39 is 17.8 Å². The number of carbonyl (C=O) groups is 3. The zero-order chi connectivity index (χ0) is 20.1. The molecule has 3 rings (SSSR count). The molecule has 1 saturated heterocycles. The Bertz CT molecular complexity index is 978. The van der Waals surface area contributed by atoms with Crippen LogP contribution in [0.5, 0.6) is 5.75 Å². The molecule has 0 spiro atoms. The van der Waals surface area contributed by atoms with Gasteiger partial charge < -0.3 is 4.74 Å². The van der Waals surface area contributed by atoms with Crippen molar-refractivity contribution >= 4 is 29.6 Å². The number of anilines is 1. The van der Waals surface area contributed by atoms with Gasteiger partial charge in [0.2, 0.25) is 0 Å². The normalized spacial score (nSPS) is 15.5. The molecule has 1 fully saturated rings. The van der Waals surface area contributed by atoms with Crippen LogP contribution in [-0.4, -0.2) is 24.5 Å². The van der Waals surface area contributed by atoms with Gasteiger partial charge in [0, 0.05) is 5.56 Å². The summed E-state index contributed by atoms with van der Waals surface area (Å²) >= 11 is 0. The maximum absolute atomic E-state index is 13.1. The largest absolute Gasteiger partial charge is 0.489 e. The number of urea groups is 1. The molecule has 0 atom stereocenters. The predicted octanol–water partition coefficient (Wildman–Crippen LogP) is 3.48. The van der Waals surface area contributed by atoms with Crippen molar-refractivity contribution in [1.29, 1.82) is 0 Å². The van der Waals surface area contributed by atoms with Crippen molar-refractivity contribution < 1.29 is 19.1 Å². The van der Waals surface area contributed by atoms with Crippen LogP contribution in [0.1, 0.15) is 18.1 Å². The number of aryl methyl sites for hydroxylation is 1. The zero-order valence-corrected chi connectivity index (χ0v) is 15.5. The Morgan fingerprint density at radius 1 is 1.07 bits per heavy atom. The van der Waals surface area contributed by atoms with E-state index in [9.17, 15) is 14.4 Å². The van der Waals surface area contributed by atoms with Crippen LogP contribution in [0.2, 0.25) is 0 Å². The fourth-order valence-corrected chi connectivity index (χ4v) is 2.94. The van der Waals surface area contributed by atoms with Crippen LogP contribution >= 0.6 is 0 Å². The summed E-state index contributed by atoms with van der Waals surface area (Å²) in [6, 6.07) is 13.4. The number of barbiturate groups is 1. The first kappa shape index (κ1) is 19.1. The van der Waals surface area contributed by atoms with Crippen LogP contribution < -0.4 is 15.0 Å². The maximum atomic E-state index is 13.1. The Morgan fingerprint density at radius 3 is 2.54 bits per heavy atom. The third-order valence-corrected chi connectivity index (χ3v) is 4.29. The fourth-order valence-electron chi connectivity index (χ4n) is 2.94. The molecule has 28 heavy (non-hydrogen) atoms. The third-order valence-electron chi connectivity index (χ3n) is 4.29. The molecule has 0 aliphatic carbocycles. The van der Waals surface area contributed by atoms with E-state index in [0.717, 1.165) is 10.5 Å². The first-order valence-corrected chi connectivity index (χ1v) is 8.89. The minimum Gasteiger partial charge on any atom is -0.489 e. The van der Waals surface area contributed by atoms with Gasteiger partial charge in [-0.1, -0.05) is 56.0 Å². The number of nitrogens with one attached hydrogen (secondary N) is 1. The lowest BCUT2D eigenvalue weighted by molar-refractivity contribution is -0.122. The molecule has 6 heteroatoms. The van der Waals surface area contributed by atoms with E-state index in [-0.39, 0.29) is 12.2 Å². The highest BCUT2D eigenvalue weighted by Gasteiger charge is 2.37. The van der Waals surface area contributed by atoms with Crippen molar-refractivity contribution in [3.8, 4) is 5.75 Å². The van der Waals surface area contributed by atoms with Crippen LogP contribution in [0.15, 0.2) is 66.8 Å². The highest BCUT2D eigenvalue weighted by molar-refractivity contribution is 6.39. The van der Waals surface area contributed by atoms with Crippen molar-refractivity contribution in [2.24, 2.45) is 0 Å². The Labute approximate surface area is 163 Å². The Kier molecular flexibility index (Phi) is 5.69. The second kappa shape index (κ2) is 8.35. The second-order valence-electron chi connectivity index (χ2n) is 6.08. The standard InChI is InChI=1S/C22H20N2O4/c1-3-13-28-19-12-8-6-10-16(19)14-17-20(25)23-22(27)24(21(17)26)18-11-7-5-9-15(18)4-2/h3,5-12,14H,1,4,13H2,2H3,(H,23,25,27)/b17-14-. The van der Waals surface area contributed by atoms with Crippen LogP contribution in [0.25, 0.3) is 6.08 Å². The number of carbonyl (C=O) groups excluding carboxylic acids is 3. The van der Waals surface area contributed by atoms with Crippen LogP contribution in [-0.2, 0) is 16.0 Å². The molecule has 142 valence electrons. The molecule has 4 amide bonds. The van der Waals surface area contributed by atoms with Gasteiger partial charge in [-0.15, -0.1) is 0 Å². The minimum atomic E-state index is -0.760. The second-order valence-corrected chi connectivity index (χ2v) is 6.08. The molecule has 0 bridgehead atoms. The van der Waals surface area contributed by atoms with Crippen LogP contribution in [0.3, 0.4) is 0 Å². The molecule has 1 aliphatic heterocycles.